The zero-order chi connectivity index (χ0) is 22.2. The number of pyridine rings is 1. The maximum absolute atomic E-state index is 13.1. The van der Waals surface area contributed by atoms with Gasteiger partial charge in [0.15, 0.2) is 11.5 Å². The van der Waals surface area contributed by atoms with E-state index in [9.17, 15) is 14.9 Å². The summed E-state index contributed by atoms with van der Waals surface area (Å²) in [6.07, 6.45) is 3.55. The van der Waals surface area contributed by atoms with Crippen molar-refractivity contribution in [3.05, 3.63) is 57.9 Å². The Balaban J connectivity index is 1.72. The van der Waals surface area contributed by atoms with Crippen molar-refractivity contribution in [2.45, 2.75) is 6.54 Å². The highest BCUT2D eigenvalue weighted by atomic mass is 16.6. The molecule has 0 unspecified atom stereocenters. The number of hydrogen-bond acceptors (Lipinski definition) is 8. The molecule has 0 aliphatic carbocycles. The first-order chi connectivity index (χ1) is 15.0. The number of nitro groups is 1. The number of rotatable bonds is 9. The molecular formula is C21H26N4O6. The molecule has 0 saturated carbocycles. The van der Waals surface area contributed by atoms with Gasteiger partial charge in [-0.1, -0.05) is 6.07 Å². The second kappa shape index (κ2) is 10.7. The van der Waals surface area contributed by atoms with E-state index in [4.69, 9.17) is 14.2 Å². The van der Waals surface area contributed by atoms with Gasteiger partial charge in [0.05, 0.1) is 24.7 Å². The summed E-state index contributed by atoms with van der Waals surface area (Å²) in [7, 11) is 2.96. The van der Waals surface area contributed by atoms with E-state index < -0.39 is 10.8 Å². The topological polar surface area (TPSA) is 107 Å². The van der Waals surface area contributed by atoms with Gasteiger partial charge >= 0.3 is 0 Å². The van der Waals surface area contributed by atoms with Crippen LogP contribution in [0.25, 0.3) is 0 Å². The van der Waals surface area contributed by atoms with Crippen molar-refractivity contribution in [2.75, 3.05) is 53.6 Å². The van der Waals surface area contributed by atoms with E-state index in [0.29, 0.717) is 32.8 Å². The largest absolute Gasteiger partial charge is 0.493 e. The summed E-state index contributed by atoms with van der Waals surface area (Å²) in [5.41, 5.74) is 0.782. The predicted octanol–water partition coefficient (Wildman–Crippen LogP) is 1.98. The lowest BCUT2D eigenvalue weighted by Crippen LogP contribution is -2.48. The molecule has 31 heavy (non-hydrogen) atoms. The minimum Gasteiger partial charge on any atom is -0.493 e. The Hall–Kier alpha value is -3.24. The number of methoxy groups -OCH3 is 2. The summed E-state index contributed by atoms with van der Waals surface area (Å²) in [6, 6.07) is 6.52. The van der Waals surface area contributed by atoms with Crippen LogP contribution in [0.1, 0.15) is 15.9 Å². The number of carbonyl (C=O) groups is 1. The van der Waals surface area contributed by atoms with E-state index in [0.717, 1.165) is 12.1 Å². The number of piperazine rings is 1. The number of benzene rings is 1. The van der Waals surface area contributed by atoms with Gasteiger partial charge < -0.3 is 19.1 Å². The highest BCUT2D eigenvalue weighted by Crippen LogP contribution is 2.35. The molecule has 1 amide bonds. The van der Waals surface area contributed by atoms with Crippen LogP contribution in [0, 0.1) is 10.1 Å². The third kappa shape index (κ3) is 5.68. The van der Waals surface area contributed by atoms with Crippen molar-refractivity contribution < 1.29 is 23.9 Å². The van der Waals surface area contributed by atoms with Crippen LogP contribution in [-0.4, -0.2) is 79.2 Å². The second-order valence-electron chi connectivity index (χ2n) is 7.05. The van der Waals surface area contributed by atoms with E-state index in [-0.39, 0.29) is 29.4 Å². The van der Waals surface area contributed by atoms with Gasteiger partial charge in [-0.05, 0) is 11.6 Å². The number of carbonyl (C=O) groups excluding carboxylic acids is 1. The highest BCUT2D eigenvalue weighted by molar-refractivity contribution is 5.99. The molecule has 1 aromatic carbocycles. The summed E-state index contributed by atoms with van der Waals surface area (Å²) >= 11 is 0. The van der Waals surface area contributed by atoms with Gasteiger partial charge in [0.25, 0.3) is 11.6 Å². The van der Waals surface area contributed by atoms with Crippen molar-refractivity contribution in [1.29, 1.82) is 0 Å². The summed E-state index contributed by atoms with van der Waals surface area (Å²) in [4.78, 5) is 32.2. The SMILES string of the molecule is COCCOc1cc([N+](=O)[O-])c(C(=O)N2CCN(Cc3cccnc3)CC2)cc1OC. The number of hydrogen-bond donors (Lipinski definition) is 0. The lowest BCUT2D eigenvalue weighted by molar-refractivity contribution is -0.385. The Morgan fingerprint density at radius 1 is 1.16 bits per heavy atom. The molecule has 10 nitrogen and oxygen atoms in total. The lowest BCUT2D eigenvalue weighted by Gasteiger charge is -2.34. The predicted molar refractivity (Wildman–Crippen MR) is 112 cm³/mol. The van der Waals surface area contributed by atoms with E-state index in [1.54, 1.807) is 11.1 Å². The van der Waals surface area contributed by atoms with Crippen LogP contribution in [0.3, 0.4) is 0 Å². The van der Waals surface area contributed by atoms with E-state index in [1.807, 2.05) is 18.3 Å². The first-order valence-corrected chi connectivity index (χ1v) is 9.92. The smallest absolute Gasteiger partial charge is 0.286 e. The molecule has 0 N–H and O–H groups in total. The normalized spacial score (nSPS) is 14.3. The van der Waals surface area contributed by atoms with Gasteiger partial charge in [-0.3, -0.25) is 24.8 Å². The fourth-order valence-corrected chi connectivity index (χ4v) is 3.41. The Bertz CT molecular complexity index is 900. The Labute approximate surface area is 180 Å². The molecule has 0 radical (unpaired) electrons. The van der Waals surface area contributed by atoms with Gasteiger partial charge in [-0.2, -0.15) is 0 Å². The maximum Gasteiger partial charge on any atom is 0.286 e. The summed E-state index contributed by atoms with van der Waals surface area (Å²) < 4.78 is 15.8. The quantitative estimate of drug-likeness (QED) is 0.338. The van der Waals surface area contributed by atoms with E-state index >= 15 is 0 Å². The monoisotopic (exact) mass is 430 g/mol. The van der Waals surface area contributed by atoms with E-state index in [2.05, 4.69) is 9.88 Å². The number of nitrogens with zero attached hydrogens (tertiary/aromatic N) is 4. The van der Waals surface area contributed by atoms with Crippen LogP contribution in [0.4, 0.5) is 5.69 Å². The Kier molecular flexibility index (Phi) is 7.74. The van der Waals surface area contributed by atoms with Crippen molar-refractivity contribution in [3.63, 3.8) is 0 Å². The molecule has 1 saturated heterocycles. The molecule has 3 rings (SSSR count). The van der Waals surface area contributed by atoms with Crippen LogP contribution in [0.15, 0.2) is 36.7 Å². The standard InChI is InChI=1S/C21H26N4O6/c1-29-10-11-31-20-13-18(25(27)28)17(12-19(20)30-2)21(26)24-8-6-23(7-9-24)15-16-4-3-5-22-14-16/h3-5,12-14H,6-11,15H2,1-2H3. The fraction of sp³-hybridized carbons (Fsp3) is 0.429. The molecular weight excluding hydrogens is 404 g/mol. The van der Waals surface area contributed by atoms with Crippen molar-refractivity contribution in [3.8, 4) is 11.5 Å². The van der Waals surface area contributed by atoms with Crippen molar-refractivity contribution in [1.82, 2.24) is 14.8 Å². The molecule has 2 aromatic rings. The molecule has 166 valence electrons. The van der Waals surface area contributed by atoms with Crippen LogP contribution in [0.5, 0.6) is 11.5 Å². The molecule has 0 spiro atoms. The number of amides is 1. The first-order valence-electron chi connectivity index (χ1n) is 9.92. The number of ether oxygens (including phenoxy) is 3. The average Bonchev–Trinajstić information content (AvgIpc) is 2.79. The molecule has 1 aliphatic heterocycles. The Morgan fingerprint density at radius 3 is 2.55 bits per heavy atom. The minimum atomic E-state index is -0.575. The molecule has 1 fully saturated rings. The average molecular weight is 430 g/mol. The molecule has 0 atom stereocenters. The summed E-state index contributed by atoms with van der Waals surface area (Å²) in [5.74, 6) is 0.0684. The molecule has 10 heteroatoms. The molecule has 1 aliphatic rings. The molecule has 2 heterocycles. The molecule has 0 bridgehead atoms. The lowest BCUT2D eigenvalue weighted by atomic mass is 10.1. The number of aromatic nitrogens is 1. The summed E-state index contributed by atoms with van der Waals surface area (Å²) in [6.45, 7) is 3.57. The Morgan fingerprint density at radius 2 is 1.94 bits per heavy atom. The van der Waals surface area contributed by atoms with Gasteiger partial charge in [0.2, 0.25) is 0 Å². The van der Waals surface area contributed by atoms with Gasteiger partial charge in [-0.25, -0.2) is 0 Å². The third-order valence-electron chi connectivity index (χ3n) is 5.04. The maximum atomic E-state index is 13.1. The first kappa shape index (κ1) is 22.4. The fourth-order valence-electron chi connectivity index (χ4n) is 3.41. The molecule has 1 aromatic heterocycles. The van der Waals surface area contributed by atoms with Crippen LogP contribution >= 0.6 is 0 Å². The van der Waals surface area contributed by atoms with Crippen molar-refractivity contribution in [2.24, 2.45) is 0 Å². The van der Waals surface area contributed by atoms with Crippen LogP contribution in [0.2, 0.25) is 0 Å². The van der Waals surface area contributed by atoms with Gasteiger partial charge in [0, 0.05) is 58.3 Å². The minimum absolute atomic E-state index is 0.0124. The zero-order valence-corrected chi connectivity index (χ0v) is 17.7. The summed E-state index contributed by atoms with van der Waals surface area (Å²) in [5, 5.41) is 11.6. The van der Waals surface area contributed by atoms with Gasteiger partial charge in [0.1, 0.15) is 12.2 Å². The number of nitro benzene ring substituents is 1. The van der Waals surface area contributed by atoms with Crippen LogP contribution < -0.4 is 9.47 Å². The second-order valence-corrected chi connectivity index (χ2v) is 7.05. The van der Waals surface area contributed by atoms with Crippen LogP contribution in [-0.2, 0) is 11.3 Å². The third-order valence-corrected chi connectivity index (χ3v) is 5.04. The highest BCUT2D eigenvalue weighted by Gasteiger charge is 2.30. The van der Waals surface area contributed by atoms with Crippen molar-refractivity contribution >= 4 is 11.6 Å². The zero-order valence-electron chi connectivity index (χ0n) is 17.7. The van der Waals surface area contributed by atoms with E-state index in [1.165, 1.54) is 26.4 Å². The van der Waals surface area contributed by atoms with Gasteiger partial charge in [-0.15, -0.1) is 0 Å².